The Labute approximate surface area is 142 Å². The molecular weight excluding hydrogens is 334 g/mol. The lowest BCUT2D eigenvalue weighted by Crippen LogP contribution is -2.16. The fourth-order valence-electron chi connectivity index (χ4n) is 1.76. The minimum Gasteiger partial charge on any atom is -0.386 e. The number of aryl methyl sites for hydroxylation is 1. The number of anilines is 1. The molecule has 0 unspecified atom stereocenters. The number of hydrogen-bond donors (Lipinski definition) is 1. The van der Waals surface area contributed by atoms with Crippen molar-refractivity contribution in [2.45, 2.75) is 17.6 Å². The number of nitrogens with one attached hydrogen (secondary N) is 1. The summed E-state index contributed by atoms with van der Waals surface area (Å²) in [4.78, 5) is 17.1. The molecule has 0 aliphatic rings. The Morgan fingerprint density at radius 2 is 1.88 bits per heavy atom. The maximum Gasteiger partial charge on any atom is 0.288 e. The lowest BCUT2D eigenvalue weighted by Gasteiger charge is -2.05. The average Bonchev–Trinajstić information content (AvgIpc) is 2.55. The molecule has 0 aromatic heterocycles. The molecule has 2 aromatic carbocycles. The molecule has 0 radical (unpaired) electrons. The van der Waals surface area contributed by atoms with Crippen molar-refractivity contribution in [3.63, 3.8) is 0 Å². The van der Waals surface area contributed by atoms with Crippen LogP contribution in [0.2, 0.25) is 0 Å². The molecule has 0 heterocycles. The predicted molar refractivity (Wildman–Crippen MR) is 91.7 cm³/mol. The number of alkyl halides is 2. The Balaban J connectivity index is 1.75. The van der Waals surface area contributed by atoms with E-state index in [1.54, 1.807) is 12.1 Å². The fraction of sp³-hybridized carbons (Fsp3) is 0.176. The number of carbonyl (C=O) groups excluding carboxylic acids is 1. The lowest BCUT2D eigenvalue weighted by atomic mass is 10.2. The van der Waals surface area contributed by atoms with Gasteiger partial charge < -0.3 is 10.2 Å². The zero-order chi connectivity index (χ0) is 17.4. The summed E-state index contributed by atoms with van der Waals surface area (Å²) in [7, 11) is 0. The number of oxime groups is 1. The largest absolute Gasteiger partial charge is 0.386 e. The molecule has 0 aliphatic carbocycles. The monoisotopic (exact) mass is 350 g/mol. The van der Waals surface area contributed by atoms with E-state index in [4.69, 9.17) is 4.84 Å². The van der Waals surface area contributed by atoms with Crippen molar-refractivity contribution in [1.82, 2.24) is 0 Å². The van der Waals surface area contributed by atoms with Gasteiger partial charge in [0, 0.05) is 10.6 Å². The molecule has 4 nitrogen and oxygen atoms in total. The zero-order valence-electron chi connectivity index (χ0n) is 12.9. The van der Waals surface area contributed by atoms with Crippen molar-refractivity contribution in [2.75, 3.05) is 11.9 Å². The van der Waals surface area contributed by atoms with Gasteiger partial charge in [-0.15, -0.1) is 0 Å². The standard InChI is InChI=1S/C17H16F2N2O2S/c1-12-2-4-13(5-3-12)10-20-23-11-16(22)21-14-6-8-15(9-7-14)24-17(18)19/h2-10,17H,11H2,1H3,(H,21,22)/b20-10-. The second-order valence-electron chi connectivity index (χ2n) is 4.87. The molecule has 0 fully saturated rings. The number of amides is 1. The van der Waals surface area contributed by atoms with Crippen LogP contribution in [0.4, 0.5) is 14.5 Å². The summed E-state index contributed by atoms with van der Waals surface area (Å²) in [5.74, 6) is -2.85. The van der Waals surface area contributed by atoms with Gasteiger partial charge in [0.15, 0.2) is 6.61 Å². The van der Waals surface area contributed by atoms with E-state index in [-0.39, 0.29) is 12.5 Å². The third kappa shape index (κ3) is 6.37. The summed E-state index contributed by atoms with van der Waals surface area (Å²) in [6.07, 6.45) is 1.52. The summed E-state index contributed by atoms with van der Waals surface area (Å²) in [6.45, 7) is 1.75. The van der Waals surface area contributed by atoms with Gasteiger partial charge in [-0.3, -0.25) is 4.79 Å². The summed E-state index contributed by atoms with van der Waals surface area (Å²) in [5, 5.41) is 6.32. The first-order valence-corrected chi connectivity index (χ1v) is 7.97. The Bertz CT molecular complexity index is 689. The fourth-order valence-corrected chi connectivity index (χ4v) is 2.26. The first-order chi connectivity index (χ1) is 11.5. The normalized spacial score (nSPS) is 11.0. The smallest absolute Gasteiger partial charge is 0.288 e. The molecule has 0 spiro atoms. The van der Waals surface area contributed by atoms with Crippen LogP contribution in [-0.2, 0) is 9.63 Å². The van der Waals surface area contributed by atoms with E-state index >= 15 is 0 Å². The van der Waals surface area contributed by atoms with Crippen molar-refractivity contribution in [3.8, 4) is 0 Å². The third-order valence-corrected chi connectivity index (χ3v) is 3.64. The van der Waals surface area contributed by atoms with Gasteiger partial charge in [-0.2, -0.15) is 8.78 Å². The van der Waals surface area contributed by atoms with E-state index in [1.165, 1.54) is 18.3 Å². The predicted octanol–water partition coefficient (Wildman–Crippen LogP) is 4.30. The maximum absolute atomic E-state index is 12.2. The Kier molecular flexibility index (Phi) is 6.74. The molecular formula is C17H16F2N2O2S. The lowest BCUT2D eigenvalue weighted by molar-refractivity contribution is -0.120. The van der Waals surface area contributed by atoms with Gasteiger partial charge >= 0.3 is 0 Å². The van der Waals surface area contributed by atoms with Crippen LogP contribution in [0, 0.1) is 6.92 Å². The first-order valence-electron chi connectivity index (χ1n) is 7.09. The summed E-state index contributed by atoms with van der Waals surface area (Å²) in [5.41, 5.74) is 2.52. The van der Waals surface area contributed by atoms with Gasteiger partial charge in [0.1, 0.15) is 0 Å². The molecule has 0 aliphatic heterocycles. The maximum atomic E-state index is 12.2. The first kappa shape index (κ1) is 17.9. The van der Waals surface area contributed by atoms with Gasteiger partial charge in [0.2, 0.25) is 0 Å². The summed E-state index contributed by atoms with van der Waals surface area (Å²) < 4.78 is 24.4. The number of thioether (sulfide) groups is 1. The number of benzene rings is 2. The Morgan fingerprint density at radius 1 is 1.21 bits per heavy atom. The summed E-state index contributed by atoms with van der Waals surface area (Å²) in [6, 6.07) is 13.8. The molecule has 126 valence electrons. The van der Waals surface area contributed by atoms with Crippen LogP contribution in [0.1, 0.15) is 11.1 Å². The Hall–Kier alpha value is -2.41. The zero-order valence-corrected chi connectivity index (χ0v) is 13.7. The highest BCUT2D eigenvalue weighted by molar-refractivity contribution is 7.99. The van der Waals surface area contributed by atoms with E-state index in [0.29, 0.717) is 22.3 Å². The molecule has 2 rings (SSSR count). The SMILES string of the molecule is Cc1ccc(/C=N\OCC(=O)Nc2ccc(SC(F)F)cc2)cc1. The molecule has 1 N–H and O–H groups in total. The van der Waals surface area contributed by atoms with Gasteiger partial charge in [0.05, 0.1) is 6.21 Å². The highest BCUT2D eigenvalue weighted by Gasteiger charge is 2.06. The molecule has 0 saturated heterocycles. The number of hydrogen-bond acceptors (Lipinski definition) is 4. The van der Waals surface area contributed by atoms with E-state index in [0.717, 1.165) is 11.1 Å². The average molecular weight is 350 g/mol. The van der Waals surface area contributed by atoms with Gasteiger partial charge in [-0.1, -0.05) is 46.7 Å². The minimum atomic E-state index is -2.47. The molecule has 2 aromatic rings. The minimum absolute atomic E-state index is 0.240. The van der Waals surface area contributed by atoms with Crippen molar-refractivity contribution in [3.05, 3.63) is 59.7 Å². The quantitative estimate of drug-likeness (QED) is 0.460. The topological polar surface area (TPSA) is 50.7 Å². The highest BCUT2D eigenvalue weighted by atomic mass is 32.2. The number of halogens is 2. The third-order valence-electron chi connectivity index (χ3n) is 2.91. The van der Waals surface area contributed by atoms with Crippen LogP contribution >= 0.6 is 11.8 Å². The molecule has 7 heteroatoms. The number of nitrogens with zero attached hydrogens (tertiary/aromatic N) is 1. The Morgan fingerprint density at radius 3 is 2.50 bits per heavy atom. The van der Waals surface area contributed by atoms with Crippen LogP contribution in [0.15, 0.2) is 58.6 Å². The summed E-state index contributed by atoms with van der Waals surface area (Å²) >= 11 is 0.452. The number of carbonyl (C=O) groups is 1. The van der Waals surface area contributed by atoms with Gasteiger partial charge in [-0.25, -0.2) is 0 Å². The van der Waals surface area contributed by atoms with Crippen LogP contribution in [0.3, 0.4) is 0 Å². The number of rotatable bonds is 7. The van der Waals surface area contributed by atoms with Crippen molar-refractivity contribution < 1.29 is 18.4 Å². The van der Waals surface area contributed by atoms with Crippen LogP contribution < -0.4 is 5.32 Å². The molecule has 0 atom stereocenters. The van der Waals surface area contributed by atoms with Crippen LogP contribution in [-0.4, -0.2) is 24.5 Å². The molecule has 0 bridgehead atoms. The molecule has 24 heavy (non-hydrogen) atoms. The van der Waals surface area contributed by atoms with Crippen molar-refractivity contribution in [1.29, 1.82) is 0 Å². The second kappa shape index (κ2) is 9.02. The molecule has 1 amide bonds. The molecule has 0 saturated carbocycles. The van der Waals surface area contributed by atoms with E-state index in [2.05, 4.69) is 10.5 Å². The highest BCUT2D eigenvalue weighted by Crippen LogP contribution is 2.26. The van der Waals surface area contributed by atoms with Crippen LogP contribution in [0.25, 0.3) is 0 Å². The second-order valence-corrected chi connectivity index (χ2v) is 5.93. The van der Waals surface area contributed by atoms with Crippen LogP contribution in [0.5, 0.6) is 0 Å². The van der Waals surface area contributed by atoms with E-state index in [9.17, 15) is 13.6 Å². The van der Waals surface area contributed by atoms with E-state index in [1.807, 2.05) is 31.2 Å². The van der Waals surface area contributed by atoms with Gasteiger partial charge in [-0.05, 0) is 36.8 Å². The van der Waals surface area contributed by atoms with Crippen molar-refractivity contribution in [2.24, 2.45) is 5.16 Å². The van der Waals surface area contributed by atoms with Gasteiger partial charge in [0.25, 0.3) is 11.7 Å². The van der Waals surface area contributed by atoms with E-state index < -0.39 is 5.76 Å². The van der Waals surface area contributed by atoms with Crippen molar-refractivity contribution >= 4 is 29.6 Å².